The second-order valence-electron chi connectivity index (χ2n) is 15.5. The van der Waals surface area contributed by atoms with Crippen molar-refractivity contribution in [1.29, 1.82) is 0 Å². The molecule has 14 atom stereocenters. The number of nitroso groups, excluding NO2 is 2. The van der Waals surface area contributed by atoms with Crippen molar-refractivity contribution in [3.05, 3.63) is 21.5 Å². The van der Waals surface area contributed by atoms with Crippen LogP contribution in [0.5, 0.6) is 0 Å². The average molecular weight is 556 g/mol. The Kier molecular flexibility index (Phi) is 6.70. The van der Waals surface area contributed by atoms with Gasteiger partial charge in [-0.25, -0.2) is 0 Å². The Morgan fingerprint density at radius 3 is 2.35 bits per heavy atom. The molecule has 6 rings (SSSR count). The smallest absolute Gasteiger partial charge is 0.310 e. The first-order valence-corrected chi connectivity index (χ1v) is 15.9. The number of fused-ring (bicyclic) bond motifs is 7. The van der Waals surface area contributed by atoms with E-state index in [2.05, 4.69) is 37.2 Å². The molecule has 0 aromatic heterocycles. The lowest BCUT2D eigenvalue weighted by molar-refractivity contribution is -0.182. The number of allylic oxidation sites excluding steroid dienone is 2. The van der Waals surface area contributed by atoms with Gasteiger partial charge in [-0.2, -0.15) is 9.81 Å². The summed E-state index contributed by atoms with van der Waals surface area (Å²) < 4.78 is 5.88. The molecule has 0 spiro atoms. The molecule has 6 aliphatic rings. The van der Waals surface area contributed by atoms with Gasteiger partial charge in [0.05, 0.1) is 11.5 Å². The second-order valence-corrected chi connectivity index (χ2v) is 15.5. The largest absolute Gasteiger partial charge is 0.481 e. The zero-order valence-electron chi connectivity index (χ0n) is 25.0. The zero-order chi connectivity index (χ0) is 28.8. The van der Waals surface area contributed by atoms with Gasteiger partial charge in [0, 0.05) is 12.0 Å². The van der Waals surface area contributed by atoms with E-state index in [9.17, 15) is 19.7 Å². The summed E-state index contributed by atoms with van der Waals surface area (Å²) in [5, 5.41) is 17.6. The van der Waals surface area contributed by atoms with Gasteiger partial charge in [-0.1, -0.05) is 42.8 Å². The van der Waals surface area contributed by atoms with Crippen LogP contribution in [0.15, 0.2) is 22.0 Å². The van der Waals surface area contributed by atoms with Crippen LogP contribution in [0.1, 0.15) is 98.8 Å². The molecule has 222 valence electrons. The summed E-state index contributed by atoms with van der Waals surface area (Å²) >= 11 is 0. The standard InChI is InChI=1S/C32H49N3O5/c1-17-8-14-32(28(36)37)15-10-20-19(22(32)16-17)6-7-23-29(20,3)13-11-24-30(23,4)12-9-21(31(24,5)35-39)25(33)27-26(34-38)18(2)40-27/h6,17-18,20-27H,7-16,33H2,1-5H3,(H,36,37). The van der Waals surface area contributed by atoms with Crippen LogP contribution >= 0.6 is 0 Å². The first kappa shape index (κ1) is 28.4. The number of aliphatic carboxylic acids is 1. The molecule has 40 heavy (non-hydrogen) atoms. The third kappa shape index (κ3) is 3.59. The summed E-state index contributed by atoms with van der Waals surface area (Å²) in [4.78, 5) is 37.0. The highest BCUT2D eigenvalue weighted by atomic mass is 16.5. The Bertz CT molecular complexity index is 1110. The van der Waals surface area contributed by atoms with Crippen LogP contribution in [0.3, 0.4) is 0 Å². The SMILES string of the molecule is CC1CCC2(C(=O)O)CCC3C(=CCC4C3(C)CCC3C4(C)CCC(C(N)C4OC(C)C4N=O)C3(C)N=O)C2C1. The molecule has 14 unspecified atom stereocenters. The van der Waals surface area contributed by atoms with Gasteiger partial charge in [0.1, 0.15) is 17.7 Å². The molecule has 3 N–H and O–H groups in total. The Morgan fingerprint density at radius 1 is 1.00 bits per heavy atom. The molecule has 4 saturated carbocycles. The Morgan fingerprint density at radius 2 is 1.70 bits per heavy atom. The average Bonchev–Trinajstić information content (AvgIpc) is 2.91. The summed E-state index contributed by atoms with van der Waals surface area (Å²) in [5.41, 5.74) is 6.80. The molecular weight excluding hydrogens is 506 g/mol. The lowest BCUT2D eigenvalue weighted by Gasteiger charge is -2.68. The fourth-order valence-corrected chi connectivity index (χ4v) is 11.8. The Labute approximate surface area is 238 Å². The lowest BCUT2D eigenvalue weighted by atomic mass is 9.37. The quantitative estimate of drug-likeness (QED) is 0.296. The summed E-state index contributed by atoms with van der Waals surface area (Å²) in [6.07, 6.45) is 10.9. The second kappa shape index (κ2) is 9.42. The number of rotatable bonds is 5. The van der Waals surface area contributed by atoms with Gasteiger partial charge in [-0.15, -0.1) is 0 Å². The number of nitrogens with two attached hydrogens (primary N) is 1. The number of hydrogen-bond donors (Lipinski definition) is 2. The maximum absolute atomic E-state index is 12.8. The highest BCUT2D eigenvalue weighted by molar-refractivity contribution is 5.76. The van der Waals surface area contributed by atoms with E-state index in [1.165, 1.54) is 5.57 Å². The minimum atomic E-state index is -0.836. The van der Waals surface area contributed by atoms with E-state index < -0.39 is 35.1 Å². The van der Waals surface area contributed by atoms with Crippen molar-refractivity contribution in [1.82, 2.24) is 0 Å². The molecule has 0 bridgehead atoms. The fourth-order valence-electron chi connectivity index (χ4n) is 11.8. The molecule has 1 saturated heterocycles. The first-order valence-electron chi connectivity index (χ1n) is 15.9. The van der Waals surface area contributed by atoms with E-state index in [1.807, 2.05) is 13.8 Å². The highest BCUT2D eigenvalue weighted by Crippen LogP contribution is 2.71. The van der Waals surface area contributed by atoms with E-state index in [0.29, 0.717) is 17.8 Å². The molecule has 0 aromatic rings. The van der Waals surface area contributed by atoms with Crippen molar-refractivity contribution in [2.45, 2.75) is 129 Å². The Hall–Kier alpha value is -1.67. The highest BCUT2D eigenvalue weighted by Gasteiger charge is 2.68. The number of carboxylic acids is 1. The van der Waals surface area contributed by atoms with Crippen molar-refractivity contribution in [2.24, 2.45) is 67.8 Å². The monoisotopic (exact) mass is 555 g/mol. The zero-order valence-corrected chi connectivity index (χ0v) is 25.0. The van der Waals surface area contributed by atoms with Gasteiger partial charge in [0.15, 0.2) is 0 Å². The van der Waals surface area contributed by atoms with E-state index >= 15 is 0 Å². The van der Waals surface area contributed by atoms with E-state index in [1.54, 1.807) is 0 Å². The molecule has 1 heterocycles. The molecule has 5 aliphatic carbocycles. The van der Waals surface area contributed by atoms with Crippen LogP contribution in [0, 0.1) is 61.6 Å². The van der Waals surface area contributed by atoms with E-state index in [-0.39, 0.29) is 34.7 Å². The number of ether oxygens (including phenoxy) is 1. The van der Waals surface area contributed by atoms with Gasteiger partial charge < -0.3 is 15.6 Å². The van der Waals surface area contributed by atoms with Gasteiger partial charge in [0.25, 0.3) is 0 Å². The van der Waals surface area contributed by atoms with Crippen molar-refractivity contribution >= 4 is 5.97 Å². The minimum Gasteiger partial charge on any atom is -0.481 e. The minimum absolute atomic E-state index is 0.0643. The number of carboxylic acid groups (broad SMARTS) is 1. The summed E-state index contributed by atoms with van der Waals surface area (Å²) in [6, 6.07) is -0.921. The van der Waals surface area contributed by atoms with Crippen LogP contribution < -0.4 is 5.73 Å². The molecule has 5 fully saturated rings. The van der Waals surface area contributed by atoms with Crippen molar-refractivity contribution in [3.8, 4) is 0 Å². The summed E-state index contributed by atoms with van der Waals surface area (Å²) in [7, 11) is 0. The molecule has 8 nitrogen and oxygen atoms in total. The third-order valence-corrected chi connectivity index (χ3v) is 14.0. The van der Waals surface area contributed by atoms with E-state index in [4.69, 9.17) is 10.5 Å². The predicted molar refractivity (Wildman–Crippen MR) is 153 cm³/mol. The van der Waals surface area contributed by atoms with Crippen molar-refractivity contribution in [2.75, 3.05) is 0 Å². The van der Waals surface area contributed by atoms with Crippen LogP contribution in [-0.4, -0.2) is 40.9 Å². The maximum atomic E-state index is 12.8. The Balaban J connectivity index is 1.32. The molecule has 0 amide bonds. The van der Waals surface area contributed by atoms with Gasteiger partial charge in [-0.05, 0) is 118 Å². The first-order chi connectivity index (χ1) is 18.9. The number of nitrogens with zero attached hydrogens (tertiary/aromatic N) is 2. The molecular formula is C32H49N3O5. The summed E-state index contributed by atoms with van der Waals surface area (Å²) in [5.74, 6) is 0.887. The van der Waals surface area contributed by atoms with Crippen molar-refractivity contribution < 1.29 is 14.6 Å². The topological polar surface area (TPSA) is 131 Å². The maximum Gasteiger partial charge on any atom is 0.310 e. The fraction of sp³-hybridized carbons (Fsp3) is 0.906. The van der Waals surface area contributed by atoms with Gasteiger partial charge >= 0.3 is 5.97 Å². The predicted octanol–water partition coefficient (Wildman–Crippen LogP) is 6.46. The molecule has 8 heteroatoms. The van der Waals surface area contributed by atoms with Gasteiger partial charge in [-0.3, -0.25) is 4.79 Å². The third-order valence-electron chi connectivity index (χ3n) is 14.0. The van der Waals surface area contributed by atoms with E-state index in [0.717, 1.165) is 64.2 Å². The lowest BCUT2D eigenvalue weighted by Crippen LogP contribution is -2.69. The van der Waals surface area contributed by atoms with Crippen LogP contribution in [0.4, 0.5) is 0 Å². The van der Waals surface area contributed by atoms with Crippen molar-refractivity contribution in [3.63, 3.8) is 0 Å². The summed E-state index contributed by atoms with van der Waals surface area (Å²) in [6.45, 7) is 11.0. The van der Waals surface area contributed by atoms with Crippen LogP contribution in [0.2, 0.25) is 0 Å². The normalized spacial score (nSPS) is 54.2. The molecule has 0 radical (unpaired) electrons. The van der Waals surface area contributed by atoms with Gasteiger partial charge in [0.2, 0.25) is 0 Å². The number of carbonyl (C=O) groups is 1. The van der Waals surface area contributed by atoms with Crippen LogP contribution in [-0.2, 0) is 9.53 Å². The molecule has 0 aromatic carbocycles. The number of hydrogen-bond acceptors (Lipinski definition) is 7. The van der Waals surface area contributed by atoms with Crippen LogP contribution in [0.25, 0.3) is 0 Å². The molecule has 1 aliphatic heterocycles.